The number of imidazole rings is 1. The molecule has 25 heavy (non-hydrogen) atoms. The first-order chi connectivity index (χ1) is 12.2. The van der Waals surface area contributed by atoms with Gasteiger partial charge in [-0.25, -0.2) is 9.97 Å². The number of hydrogen-bond donors (Lipinski definition) is 0. The lowest BCUT2D eigenvalue weighted by Crippen LogP contribution is -2.28. The van der Waals surface area contributed by atoms with Gasteiger partial charge in [0.25, 0.3) is 0 Å². The van der Waals surface area contributed by atoms with Crippen molar-refractivity contribution in [1.82, 2.24) is 24.2 Å². The van der Waals surface area contributed by atoms with Crippen LogP contribution in [0.25, 0.3) is 5.65 Å². The lowest BCUT2D eigenvalue weighted by Gasteiger charge is -2.21. The number of thiazole rings is 1. The van der Waals surface area contributed by atoms with Crippen molar-refractivity contribution in [2.75, 3.05) is 26.7 Å². The van der Waals surface area contributed by atoms with E-state index in [4.69, 9.17) is 4.98 Å². The molecule has 0 spiro atoms. The van der Waals surface area contributed by atoms with Crippen molar-refractivity contribution in [3.63, 3.8) is 0 Å². The minimum atomic E-state index is 0.746. The van der Waals surface area contributed by atoms with Crippen LogP contribution >= 0.6 is 11.3 Å². The number of nitrogens with zero attached hydrogens (tertiary/aromatic N) is 5. The lowest BCUT2D eigenvalue weighted by molar-refractivity contribution is 0.255. The number of pyridine rings is 1. The number of aromatic nitrogens is 3. The summed E-state index contributed by atoms with van der Waals surface area (Å²) in [7, 11) is 2.23. The molecule has 0 aromatic carbocycles. The Kier molecular flexibility index (Phi) is 4.83. The molecule has 1 aliphatic rings. The second-order valence-electron chi connectivity index (χ2n) is 7.15. The van der Waals surface area contributed by atoms with Crippen LogP contribution in [0.4, 0.5) is 0 Å². The van der Waals surface area contributed by atoms with E-state index in [0.717, 1.165) is 31.2 Å². The Bertz CT molecular complexity index is 806. The standard InChI is InChI=1S/C19H25N5S/c1-15-18(25-14-20-15)13-22(2)9-16-6-8-23(10-16)11-17-12-24-7-4-3-5-19(24)21-17/h3-5,7,12,14,16H,6,8-11,13H2,1-2H3. The van der Waals surface area contributed by atoms with Gasteiger partial charge in [0, 0.05) is 43.4 Å². The molecule has 1 fully saturated rings. The number of rotatable bonds is 6. The predicted octanol–water partition coefficient (Wildman–Crippen LogP) is 3.05. The van der Waals surface area contributed by atoms with Crippen LogP contribution in [-0.4, -0.2) is 50.9 Å². The van der Waals surface area contributed by atoms with E-state index in [0.29, 0.717) is 0 Å². The van der Waals surface area contributed by atoms with Gasteiger partial charge in [-0.2, -0.15) is 0 Å². The van der Waals surface area contributed by atoms with Gasteiger partial charge in [0.1, 0.15) is 5.65 Å². The highest BCUT2D eigenvalue weighted by Crippen LogP contribution is 2.21. The fraction of sp³-hybridized carbons (Fsp3) is 0.474. The van der Waals surface area contributed by atoms with Crippen LogP contribution in [0.15, 0.2) is 36.1 Å². The van der Waals surface area contributed by atoms with E-state index in [1.807, 2.05) is 17.6 Å². The third kappa shape index (κ3) is 3.92. The van der Waals surface area contributed by atoms with Crippen molar-refractivity contribution in [2.45, 2.75) is 26.4 Å². The van der Waals surface area contributed by atoms with Gasteiger partial charge in [-0.3, -0.25) is 4.90 Å². The van der Waals surface area contributed by atoms with Crippen molar-refractivity contribution in [1.29, 1.82) is 0 Å². The van der Waals surface area contributed by atoms with E-state index in [1.165, 1.54) is 35.8 Å². The number of hydrogen-bond acceptors (Lipinski definition) is 5. The summed E-state index contributed by atoms with van der Waals surface area (Å²) >= 11 is 1.77. The summed E-state index contributed by atoms with van der Waals surface area (Å²) in [6.07, 6.45) is 5.50. The normalized spacial score (nSPS) is 18.6. The van der Waals surface area contributed by atoms with Gasteiger partial charge in [0.15, 0.2) is 0 Å². The molecular weight excluding hydrogens is 330 g/mol. The predicted molar refractivity (Wildman–Crippen MR) is 102 cm³/mol. The van der Waals surface area contributed by atoms with Crippen LogP contribution in [0.1, 0.15) is 22.7 Å². The van der Waals surface area contributed by atoms with Gasteiger partial charge < -0.3 is 9.30 Å². The van der Waals surface area contributed by atoms with E-state index in [1.54, 1.807) is 11.3 Å². The highest BCUT2D eigenvalue weighted by Gasteiger charge is 2.24. The summed E-state index contributed by atoms with van der Waals surface area (Å²) in [4.78, 5) is 15.5. The van der Waals surface area contributed by atoms with E-state index >= 15 is 0 Å². The number of fused-ring (bicyclic) bond motifs is 1. The molecule has 4 rings (SSSR count). The van der Waals surface area contributed by atoms with Gasteiger partial charge >= 0.3 is 0 Å². The Hall–Kier alpha value is -1.76. The molecule has 0 aliphatic carbocycles. The fourth-order valence-corrected chi connectivity index (χ4v) is 4.58. The highest BCUT2D eigenvalue weighted by atomic mass is 32.1. The molecular formula is C19H25N5S. The first kappa shape index (κ1) is 16.7. The second kappa shape index (κ2) is 7.23. The van der Waals surface area contributed by atoms with E-state index in [2.05, 4.69) is 51.6 Å². The largest absolute Gasteiger partial charge is 0.307 e. The molecule has 5 nitrogen and oxygen atoms in total. The summed E-state index contributed by atoms with van der Waals surface area (Å²) in [6, 6.07) is 6.15. The van der Waals surface area contributed by atoms with Crippen molar-refractivity contribution in [3.05, 3.63) is 52.4 Å². The smallest absolute Gasteiger partial charge is 0.137 e. The Balaban J connectivity index is 1.29. The molecule has 0 amide bonds. The van der Waals surface area contributed by atoms with E-state index in [9.17, 15) is 0 Å². The van der Waals surface area contributed by atoms with Crippen molar-refractivity contribution < 1.29 is 0 Å². The highest BCUT2D eigenvalue weighted by molar-refractivity contribution is 7.09. The minimum absolute atomic E-state index is 0.746. The monoisotopic (exact) mass is 355 g/mol. The summed E-state index contributed by atoms with van der Waals surface area (Å²) in [5.41, 5.74) is 5.33. The molecule has 0 bridgehead atoms. The third-order valence-electron chi connectivity index (χ3n) is 5.00. The van der Waals surface area contributed by atoms with Gasteiger partial charge in [-0.15, -0.1) is 11.3 Å². The summed E-state index contributed by atoms with van der Waals surface area (Å²) in [5, 5.41) is 0. The Morgan fingerprint density at radius 2 is 2.28 bits per heavy atom. The van der Waals surface area contributed by atoms with E-state index in [-0.39, 0.29) is 0 Å². The fourth-order valence-electron chi connectivity index (χ4n) is 3.73. The van der Waals surface area contributed by atoms with Crippen molar-refractivity contribution in [2.24, 2.45) is 5.92 Å². The summed E-state index contributed by atoms with van der Waals surface area (Å²) < 4.78 is 2.11. The van der Waals surface area contributed by atoms with E-state index < -0.39 is 0 Å². The van der Waals surface area contributed by atoms with Crippen LogP contribution in [0.2, 0.25) is 0 Å². The van der Waals surface area contributed by atoms with Crippen LogP contribution in [0.3, 0.4) is 0 Å². The first-order valence-electron chi connectivity index (χ1n) is 8.90. The molecule has 0 radical (unpaired) electrons. The van der Waals surface area contributed by atoms with Gasteiger partial charge in [0.2, 0.25) is 0 Å². The number of aryl methyl sites for hydroxylation is 1. The topological polar surface area (TPSA) is 36.7 Å². The van der Waals surface area contributed by atoms with Crippen molar-refractivity contribution in [3.8, 4) is 0 Å². The maximum atomic E-state index is 4.73. The Morgan fingerprint density at radius 1 is 1.36 bits per heavy atom. The molecule has 3 aromatic rings. The zero-order chi connectivity index (χ0) is 17.2. The third-order valence-corrected chi connectivity index (χ3v) is 5.92. The molecule has 4 heterocycles. The molecule has 1 atom stereocenters. The van der Waals surface area contributed by atoms with Gasteiger partial charge in [-0.1, -0.05) is 6.07 Å². The van der Waals surface area contributed by atoms with Crippen LogP contribution < -0.4 is 0 Å². The second-order valence-corrected chi connectivity index (χ2v) is 8.09. The molecule has 1 unspecified atom stereocenters. The quantitative estimate of drug-likeness (QED) is 0.681. The van der Waals surface area contributed by atoms with Crippen LogP contribution in [0, 0.1) is 12.8 Å². The minimum Gasteiger partial charge on any atom is -0.307 e. The Morgan fingerprint density at radius 3 is 3.08 bits per heavy atom. The SMILES string of the molecule is Cc1ncsc1CN(C)CC1CCN(Cc2cn3ccccc3n2)C1. The van der Waals surface area contributed by atoms with Crippen LogP contribution in [0.5, 0.6) is 0 Å². The zero-order valence-corrected chi connectivity index (χ0v) is 15.7. The summed E-state index contributed by atoms with van der Waals surface area (Å²) in [5.74, 6) is 0.746. The molecule has 1 saturated heterocycles. The maximum absolute atomic E-state index is 4.73. The maximum Gasteiger partial charge on any atom is 0.137 e. The molecule has 3 aromatic heterocycles. The molecule has 1 aliphatic heterocycles. The number of likely N-dealkylation sites (tertiary alicyclic amines) is 1. The van der Waals surface area contributed by atoms with Crippen LogP contribution in [-0.2, 0) is 13.1 Å². The zero-order valence-electron chi connectivity index (χ0n) is 14.9. The van der Waals surface area contributed by atoms with Crippen molar-refractivity contribution >= 4 is 17.0 Å². The molecule has 132 valence electrons. The molecule has 0 N–H and O–H groups in total. The average molecular weight is 356 g/mol. The average Bonchev–Trinajstić information content (AvgIpc) is 3.29. The Labute approximate surface area is 152 Å². The summed E-state index contributed by atoms with van der Waals surface area (Å²) in [6.45, 7) is 7.56. The molecule has 6 heteroatoms. The van der Waals surface area contributed by atoms with Gasteiger partial charge in [0.05, 0.1) is 16.9 Å². The molecule has 0 saturated carbocycles. The first-order valence-corrected chi connectivity index (χ1v) is 9.78. The van der Waals surface area contributed by atoms with Gasteiger partial charge in [-0.05, 0) is 45.0 Å². The lowest BCUT2D eigenvalue weighted by atomic mass is 10.1.